The molecule has 7 nitrogen and oxygen atoms in total. The van der Waals surface area contributed by atoms with Gasteiger partial charge in [0.25, 0.3) is 11.8 Å². The monoisotopic (exact) mass is 386 g/mol. The van der Waals surface area contributed by atoms with Crippen LogP contribution in [0.1, 0.15) is 27.7 Å². The predicted molar refractivity (Wildman–Crippen MR) is 97.9 cm³/mol. The maximum atomic E-state index is 12.4. The van der Waals surface area contributed by atoms with Gasteiger partial charge in [-0.1, -0.05) is 24.3 Å². The zero-order valence-corrected chi connectivity index (χ0v) is 15.5. The molecule has 140 valence electrons. The number of esters is 1. The molecular weight excluding hydrogens is 368 g/mol. The number of benzene rings is 1. The second kappa shape index (κ2) is 8.13. The molecule has 1 aromatic carbocycles. The molecule has 3 amide bonds. The third-order valence-corrected chi connectivity index (χ3v) is 4.99. The van der Waals surface area contributed by atoms with Crippen molar-refractivity contribution in [1.29, 1.82) is 0 Å². The van der Waals surface area contributed by atoms with Gasteiger partial charge in [0.2, 0.25) is 5.91 Å². The van der Waals surface area contributed by atoms with Crippen LogP contribution in [-0.4, -0.2) is 41.2 Å². The third-order valence-electron chi connectivity index (χ3n) is 4.12. The van der Waals surface area contributed by atoms with Gasteiger partial charge in [-0.05, 0) is 30.0 Å². The van der Waals surface area contributed by atoms with E-state index >= 15 is 0 Å². The number of thiophene rings is 1. The Hall–Kier alpha value is -3.00. The molecule has 2 heterocycles. The number of amides is 3. The van der Waals surface area contributed by atoms with Gasteiger partial charge in [0.1, 0.15) is 6.54 Å². The Labute approximate surface area is 159 Å². The smallest absolute Gasteiger partial charge is 0.326 e. The van der Waals surface area contributed by atoms with Crippen molar-refractivity contribution < 1.29 is 23.9 Å². The van der Waals surface area contributed by atoms with Gasteiger partial charge in [0.05, 0.1) is 13.0 Å². The summed E-state index contributed by atoms with van der Waals surface area (Å²) in [4.78, 5) is 50.6. The van der Waals surface area contributed by atoms with Crippen molar-refractivity contribution in [2.45, 2.75) is 26.0 Å². The number of nitrogens with zero attached hydrogens (tertiary/aromatic N) is 1. The van der Waals surface area contributed by atoms with Crippen LogP contribution in [-0.2, 0) is 32.1 Å². The van der Waals surface area contributed by atoms with Gasteiger partial charge < -0.3 is 10.1 Å². The number of hydrogen-bond donors (Lipinski definition) is 1. The fraction of sp³-hybridized carbons (Fsp3) is 0.263. The van der Waals surface area contributed by atoms with Crippen molar-refractivity contribution in [3.05, 3.63) is 57.8 Å². The lowest BCUT2D eigenvalue weighted by Crippen LogP contribution is -2.46. The highest BCUT2D eigenvalue weighted by Crippen LogP contribution is 2.19. The molecule has 1 N–H and O–H groups in total. The molecular formula is C19H18N2O5S. The van der Waals surface area contributed by atoms with E-state index < -0.39 is 36.3 Å². The predicted octanol–water partition coefficient (Wildman–Crippen LogP) is 1.52. The van der Waals surface area contributed by atoms with E-state index in [9.17, 15) is 19.2 Å². The molecule has 2 aromatic rings. The van der Waals surface area contributed by atoms with E-state index in [0.29, 0.717) is 17.7 Å². The number of hydrogen-bond acceptors (Lipinski definition) is 6. The average Bonchev–Trinajstić information content (AvgIpc) is 3.16. The van der Waals surface area contributed by atoms with E-state index in [-0.39, 0.29) is 6.42 Å². The van der Waals surface area contributed by atoms with E-state index in [1.165, 1.54) is 18.3 Å². The van der Waals surface area contributed by atoms with Crippen molar-refractivity contribution in [1.82, 2.24) is 10.2 Å². The summed E-state index contributed by atoms with van der Waals surface area (Å²) < 4.78 is 5.08. The van der Waals surface area contributed by atoms with Gasteiger partial charge in [-0.3, -0.25) is 24.1 Å². The van der Waals surface area contributed by atoms with E-state index in [0.717, 1.165) is 9.78 Å². The molecule has 1 aromatic heterocycles. The van der Waals surface area contributed by atoms with E-state index in [4.69, 9.17) is 4.74 Å². The van der Waals surface area contributed by atoms with Crippen molar-refractivity contribution in [2.75, 3.05) is 6.54 Å². The van der Waals surface area contributed by atoms with Gasteiger partial charge in [0.15, 0.2) is 6.10 Å². The minimum Gasteiger partial charge on any atom is -0.451 e. The minimum absolute atomic E-state index is 0.0477. The highest BCUT2D eigenvalue weighted by atomic mass is 32.1. The summed E-state index contributed by atoms with van der Waals surface area (Å²) in [6, 6.07) is 10.5. The number of imide groups is 1. The molecule has 1 aliphatic rings. The molecule has 3 rings (SSSR count). The van der Waals surface area contributed by atoms with E-state index in [1.54, 1.807) is 24.3 Å². The summed E-state index contributed by atoms with van der Waals surface area (Å²) in [5, 5.41) is 4.57. The number of carbonyl (C=O) groups is 4. The molecule has 8 heteroatoms. The second-order valence-electron chi connectivity index (χ2n) is 6.05. The molecule has 0 fully saturated rings. The number of fused-ring (bicyclic) bond motifs is 1. The first-order valence-corrected chi connectivity index (χ1v) is 9.26. The number of nitrogens with one attached hydrogen (secondary N) is 1. The minimum atomic E-state index is -1.03. The van der Waals surface area contributed by atoms with Crippen molar-refractivity contribution in [2.24, 2.45) is 0 Å². The van der Waals surface area contributed by atoms with Crippen molar-refractivity contribution in [3.63, 3.8) is 0 Å². The Morgan fingerprint density at radius 3 is 2.74 bits per heavy atom. The molecule has 0 saturated carbocycles. The van der Waals surface area contributed by atoms with Gasteiger partial charge in [-0.15, -0.1) is 11.3 Å². The second-order valence-corrected chi connectivity index (χ2v) is 7.08. The van der Waals surface area contributed by atoms with Gasteiger partial charge in [-0.25, -0.2) is 0 Å². The highest BCUT2D eigenvalue weighted by molar-refractivity contribution is 7.09. The quantitative estimate of drug-likeness (QED) is 0.600. The first-order valence-electron chi connectivity index (χ1n) is 8.38. The molecule has 0 spiro atoms. The van der Waals surface area contributed by atoms with Crippen LogP contribution in [0.4, 0.5) is 0 Å². The van der Waals surface area contributed by atoms with Crippen LogP contribution in [0.2, 0.25) is 0 Å². The lowest BCUT2D eigenvalue weighted by Gasteiger charge is -2.26. The van der Waals surface area contributed by atoms with Gasteiger partial charge >= 0.3 is 5.97 Å². The van der Waals surface area contributed by atoms with Crippen LogP contribution in [0.3, 0.4) is 0 Å². The SMILES string of the molecule is C[C@@H](OC(=O)CN1C(=O)Cc2ccccc2C1=O)C(=O)NCc1cccs1. The summed E-state index contributed by atoms with van der Waals surface area (Å²) in [5.41, 5.74) is 1.03. The molecule has 1 aliphatic heterocycles. The van der Waals surface area contributed by atoms with Gasteiger partial charge in [0, 0.05) is 10.4 Å². The third kappa shape index (κ3) is 4.40. The number of rotatable bonds is 6. The molecule has 27 heavy (non-hydrogen) atoms. The standard InChI is InChI=1S/C19H18N2O5S/c1-12(18(24)20-10-14-6-4-8-27-14)26-17(23)11-21-16(22)9-13-5-2-3-7-15(13)19(21)25/h2-8,12H,9-11H2,1H3,(H,20,24)/t12-/m1/s1. The maximum absolute atomic E-state index is 12.4. The molecule has 0 bridgehead atoms. The summed E-state index contributed by atoms with van der Waals surface area (Å²) in [7, 11) is 0. The van der Waals surface area contributed by atoms with Crippen molar-refractivity contribution in [3.8, 4) is 0 Å². The lowest BCUT2D eigenvalue weighted by atomic mass is 9.98. The first kappa shape index (κ1) is 18.8. The Bertz CT molecular complexity index is 878. The Balaban J connectivity index is 1.54. The van der Waals surface area contributed by atoms with Gasteiger partial charge in [-0.2, -0.15) is 0 Å². The topological polar surface area (TPSA) is 92.8 Å². The largest absolute Gasteiger partial charge is 0.451 e. The fourth-order valence-corrected chi connectivity index (χ4v) is 3.35. The summed E-state index contributed by atoms with van der Waals surface area (Å²) in [6.45, 7) is 1.27. The van der Waals surface area contributed by atoms with E-state index in [1.807, 2.05) is 17.5 Å². The number of ether oxygens (including phenoxy) is 1. The summed E-state index contributed by atoms with van der Waals surface area (Å²) >= 11 is 1.50. The van der Waals surface area contributed by atoms with Crippen molar-refractivity contribution >= 4 is 35.0 Å². The van der Waals surface area contributed by atoms with Crippen LogP contribution >= 0.6 is 11.3 Å². The maximum Gasteiger partial charge on any atom is 0.326 e. The molecule has 0 aliphatic carbocycles. The molecule has 0 radical (unpaired) electrons. The van der Waals surface area contributed by atoms with Crippen LogP contribution < -0.4 is 5.32 Å². The van der Waals surface area contributed by atoms with Crippen LogP contribution in [0.15, 0.2) is 41.8 Å². The van der Waals surface area contributed by atoms with Crippen LogP contribution in [0, 0.1) is 0 Å². The average molecular weight is 386 g/mol. The summed E-state index contributed by atoms with van der Waals surface area (Å²) in [5.74, 6) is -2.26. The zero-order chi connectivity index (χ0) is 19.4. The summed E-state index contributed by atoms with van der Waals surface area (Å²) in [6.07, 6.45) is -0.980. The number of carbonyl (C=O) groups excluding carboxylic acids is 4. The zero-order valence-electron chi connectivity index (χ0n) is 14.6. The molecule has 1 atom stereocenters. The first-order chi connectivity index (χ1) is 13.0. The molecule has 0 saturated heterocycles. The Kier molecular flexibility index (Phi) is 5.66. The molecule has 0 unspecified atom stereocenters. The highest BCUT2D eigenvalue weighted by Gasteiger charge is 2.33. The van der Waals surface area contributed by atoms with Crippen LogP contribution in [0.5, 0.6) is 0 Å². The Morgan fingerprint density at radius 2 is 2.00 bits per heavy atom. The normalized spacial score (nSPS) is 14.5. The Morgan fingerprint density at radius 1 is 1.22 bits per heavy atom. The van der Waals surface area contributed by atoms with Crippen LogP contribution in [0.25, 0.3) is 0 Å². The lowest BCUT2D eigenvalue weighted by molar-refractivity contribution is -0.156. The van der Waals surface area contributed by atoms with E-state index in [2.05, 4.69) is 5.32 Å². The fourth-order valence-electron chi connectivity index (χ4n) is 2.71.